The zero-order valence-corrected chi connectivity index (χ0v) is 9.14. The van der Waals surface area contributed by atoms with Gasteiger partial charge in [0, 0.05) is 6.20 Å². The Bertz CT molecular complexity index is 463. The summed E-state index contributed by atoms with van der Waals surface area (Å²) in [6.07, 6.45) is 2.62. The van der Waals surface area contributed by atoms with Gasteiger partial charge in [-0.3, -0.25) is 10.7 Å². The summed E-state index contributed by atoms with van der Waals surface area (Å²) in [4.78, 5) is 11.1. The van der Waals surface area contributed by atoms with E-state index in [9.17, 15) is 9.18 Å². The van der Waals surface area contributed by atoms with Crippen LogP contribution in [0.5, 0.6) is 0 Å². The van der Waals surface area contributed by atoms with Gasteiger partial charge in [-0.15, -0.1) is 0 Å². The normalized spacial score (nSPS) is 12.4. The predicted octanol–water partition coefficient (Wildman–Crippen LogP) is 2.18. The Labute approximate surface area is 97.7 Å². The Balaban J connectivity index is 3.14. The van der Waals surface area contributed by atoms with Crippen molar-refractivity contribution in [2.45, 2.75) is 6.92 Å². The average Bonchev–Trinajstić information content (AvgIpc) is 2.27. The van der Waals surface area contributed by atoms with E-state index in [1.807, 2.05) is 5.48 Å². The van der Waals surface area contributed by atoms with Crippen LogP contribution in [0.1, 0.15) is 12.5 Å². The minimum absolute atomic E-state index is 0.0222. The fraction of sp³-hybridized carbons (Fsp3) is 0.0833. The van der Waals surface area contributed by atoms with Gasteiger partial charge in [0.05, 0.1) is 5.57 Å². The summed E-state index contributed by atoms with van der Waals surface area (Å²) < 4.78 is 12.7. The molecular formula is C12H12FNO3. The molecule has 0 atom stereocenters. The molecule has 1 aromatic carbocycles. The molecule has 0 radical (unpaired) electrons. The van der Waals surface area contributed by atoms with Gasteiger partial charge in [0.25, 0.3) is 0 Å². The number of carbonyl (C=O) groups is 1. The minimum Gasteiger partial charge on any atom is -0.478 e. The van der Waals surface area contributed by atoms with Crippen molar-refractivity contribution in [2.24, 2.45) is 0 Å². The van der Waals surface area contributed by atoms with Crippen LogP contribution < -0.4 is 5.48 Å². The lowest BCUT2D eigenvalue weighted by Crippen LogP contribution is -2.01. The van der Waals surface area contributed by atoms with Crippen molar-refractivity contribution in [3.63, 3.8) is 0 Å². The number of benzene rings is 1. The van der Waals surface area contributed by atoms with E-state index in [1.165, 1.54) is 36.5 Å². The molecule has 0 saturated heterocycles. The van der Waals surface area contributed by atoms with E-state index in [0.717, 1.165) is 0 Å². The summed E-state index contributed by atoms with van der Waals surface area (Å²) in [7, 11) is 0. The highest BCUT2D eigenvalue weighted by molar-refractivity contribution is 6.15. The molecule has 0 unspecified atom stereocenters. The van der Waals surface area contributed by atoms with Crippen LogP contribution in [0.2, 0.25) is 0 Å². The molecule has 0 aliphatic rings. The zero-order valence-electron chi connectivity index (χ0n) is 9.14. The molecule has 17 heavy (non-hydrogen) atoms. The molecule has 0 aliphatic heterocycles. The maximum atomic E-state index is 12.7. The Kier molecular flexibility index (Phi) is 4.42. The molecule has 3 N–H and O–H groups in total. The lowest BCUT2D eigenvalue weighted by atomic mass is 10.0. The van der Waals surface area contributed by atoms with Crippen molar-refractivity contribution in [3.8, 4) is 0 Å². The Morgan fingerprint density at radius 2 is 1.94 bits per heavy atom. The van der Waals surface area contributed by atoms with E-state index < -0.39 is 11.8 Å². The van der Waals surface area contributed by atoms with E-state index in [-0.39, 0.29) is 5.57 Å². The van der Waals surface area contributed by atoms with Crippen molar-refractivity contribution >= 4 is 11.5 Å². The fourth-order valence-electron chi connectivity index (χ4n) is 1.27. The van der Waals surface area contributed by atoms with Gasteiger partial charge in [-0.1, -0.05) is 12.1 Å². The van der Waals surface area contributed by atoms with Gasteiger partial charge < -0.3 is 5.11 Å². The van der Waals surface area contributed by atoms with Crippen LogP contribution in [0.15, 0.2) is 42.1 Å². The lowest BCUT2D eigenvalue weighted by Gasteiger charge is -2.03. The van der Waals surface area contributed by atoms with Crippen molar-refractivity contribution in [2.75, 3.05) is 0 Å². The molecule has 4 nitrogen and oxygen atoms in total. The first kappa shape index (κ1) is 12.9. The lowest BCUT2D eigenvalue weighted by molar-refractivity contribution is -0.130. The Morgan fingerprint density at radius 1 is 1.35 bits per heavy atom. The summed E-state index contributed by atoms with van der Waals surface area (Å²) in [5, 5.41) is 17.5. The fourth-order valence-corrected chi connectivity index (χ4v) is 1.27. The van der Waals surface area contributed by atoms with E-state index in [4.69, 9.17) is 10.3 Å². The van der Waals surface area contributed by atoms with E-state index in [2.05, 4.69) is 0 Å². The topological polar surface area (TPSA) is 69.6 Å². The summed E-state index contributed by atoms with van der Waals surface area (Å²) in [5.74, 6) is -1.55. The smallest absolute Gasteiger partial charge is 0.336 e. The first-order chi connectivity index (χ1) is 8.04. The van der Waals surface area contributed by atoms with E-state index in [0.29, 0.717) is 11.1 Å². The number of carboxylic acids is 1. The number of aliphatic carboxylic acids is 1. The van der Waals surface area contributed by atoms with Crippen LogP contribution >= 0.6 is 0 Å². The number of halogens is 1. The van der Waals surface area contributed by atoms with Crippen LogP contribution in [-0.4, -0.2) is 16.3 Å². The third kappa shape index (κ3) is 3.73. The monoisotopic (exact) mass is 237 g/mol. The molecule has 0 spiro atoms. The summed E-state index contributed by atoms with van der Waals surface area (Å²) >= 11 is 0. The van der Waals surface area contributed by atoms with Gasteiger partial charge in [-0.05, 0) is 36.3 Å². The Hall–Kier alpha value is -2.14. The van der Waals surface area contributed by atoms with Gasteiger partial charge in [0.2, 0.25) is 0 Å². The largest absolute Gasteiger partial charge is 0.478 e. The highest BCUT2D eigenvalue weighted by Crippen LogP contribution is 2.17. The highest BCUT2D eigenvalue weighted by atomic mass is 19.1. The molecule has 0 amide bonds. The van der Waals surface area contributed by atoms with Gasteiger partial charge in [0.15, 0.2) is 0 Å². The maximum Gasteiger partial charge on any atom is 0.336 e. The number of allylic oxidation sites excluding steroid dienone is 2. The number of hydroxylamine groups is 1. The third-order valence-corrected chi connectivity index (χ3v) is 2.05. The molecule has 5 heteroatoms. The second-order valence-corrected chi connectivity index (χ2v) is 3.39. The highest BCUT2D eigenvalue weighted by Gasteiger charge is 2.10. The molecule has 0 aliphatic carbocycles. The van der Waals surface area contributed by atoms with Crippen LogP contribution in [-0.2, 0) is 4.79 Å². The summed E-state index contributed by atoms with van der Waals surface area (Å²) in [6.45, 7) is 1.62. The number of hydrogen-bond donors (Lipinski definition) is 3. The van der Waals surface area contributed by atoms with Gasteiger partial charge in [-0.2, -0.15) is 0 Å². The molecular weight excluding hydrogens is 225 g/mol. The summed E-state index contributed by atoms with van der Waals surface area (Å²) in [5.41, 5.74) is 2.75. The summed E-state index contributed by atoms with van der Waals surface area (Å²) in [6, 6.07) is 5.15. The van der Waals surface area contributed by atoms with Gasteiger partial charge in [-0.25, -0.2) is 9.18 Å². The van der Waals surface area contributed by atoms with Crippen molar-refractivity contribution < 1.29 is 19.5 Å². The Morgan fingerprint density at radius 3 is 2.41 bits per heavy atom. The molecule has 90 valence electrons. The zero-order chi connectivity index (χ0) is 12.8. The van der Waals surface area contributed by atoms with Crippen molar-refractivity contribution in [1.82, 2.24) is 5.48 Å². The molecule has 0 heterocycles. The molecule has 0 saturated carbocycles. The van der Waals surface area contributed by atoms with E-state index in [1.54, 1.807) is 6.92 Å². The third-order valence-electron chi connectivity index (χ3n) is 2.05. The molecule has 0 bridgehead atoms. The molecule has 0 aromatic heterocycles. The number of carboxylic acid groups (broad SMARTS) is 1. The predicted molar refractivity (Wildman–Crippen MR) is 60.7 cm³/mol. The molecule has 0 fully saturated rings. The first-order valence-corrected chi connectivity index (χ1v) is 4.82. The molecule has 1 aromatic rings. The minimum atomic E-state index is -1.12. The SMILES string of the molecule is CC(=C/NO)/C=C(/C(=O)O)c1ccc(F)cc1. The quantitative estimate of drug-likeness (QED) is 0.426. The van der Waals surface area contributed by atoms with Crippen LogP contribution in [0.3, 0.4) is 0 Å². The van der Waals surface area contributed by atoms with Gasteiger partial charge in [0.1, 0.15) is 5.82 Å². The average molecular weight is 237 g/mol. The van der Waals surface area contributed by atoms with Crippen molar-refractivity contribution in [3.05, 3.63) is 53.5 Å². The van der Waals surface area contributed by atoms with Gasteiger partial charge >= 0.3 is 5.97 Å². The van der Waals surface area contributed by atoms with E-state index >= 15 is 0 Å². The number of hydrogen-bond acceptors (Lipinski definition) is 3. The second-order valence-electron chi connectivity index (χ2n) is 3.39. The number of nitrogens with one attached hydrogen (secondary N) is 1. The van der Waals surface area contributed by atoms with Crippen LogP contribution in [0.25, 0.3) is 5.57 Å². The maximum absolute atomic E-state index is 12.7. The standard InChI is InChI=1S/C12H12FNO3/c1-8(7-14-17)6-11(12(15)16)9-2-4-10(13)5-3-9/h2-7,14,17H,1H3,(H,15,16)/b8-7-,11-6+. The first-order valence-electron chi connectivity index (χ1n) is 4.82. The molecule has 1 rings (SSSR count). The number of rotatable bonds is 4. The van der Waals surface area contributed by atoms with Crippen LogP contribution in [0.4, 0.5) is 4.39 Å². The second kappa shape index (κ2) is 5.81. The van der Waals surface area contributed by atoms with Crippen LogP contribution in [0, 0.1) is 5.82 Å². The van der Waals surface area contributed by atoms with Crippen molar-refractivity contribution in [1.29, 1.82) is 0 Å².